The number of alkyl carbamates (subject to hydrolysis) is 1. The maximum absolute atomic E-state index is 13.6. The van der Waals surface area contributed by atoms with E-state index in [-0.39, 0.29) is 35.7 Å². The van der Waals surface area contributed by atoms with Gasteiger partial charge in [0.15, 0.2) is 0 Å². The molecule has 2 aromatic heterocycles. The number of aromatic amines is 2. The van der Waals surface area contributed by atoms with Crippen LogP contribution >= 0.6 is 23.5 Å². The molecule has 55 heavy (non-hydrogen) atoms. The summed E-state index contributed by atoms with van der Waals surface area (Å²) in [5, 5.41) is 14.4. The molecule has 3 aliphatic rings. The normalized spacial score (nSPS) is 18.9. The molecular formula is C39H46N8O6S2. The Hall–Kier alpha value is -4.96. The Labute approximate surface area is 328 Å². The number of H-pyrrole nitrogens is 2. The van der Waals surface area contributed by atoms with Gasteiger partial charge in [0.25, 0.3) is 0 Å². The van der Waals surface area contributed by atoms with Crippen LogP contribution in [0.3, 0.4) is 0 Å². The van der Waals surface area contributed by atoms with Crippen LogP contribution in [0, 0.1) is 11.8 Å². The maximum Gasteiger partial charge on any atom is 0.407 e. The molecule has 4 aromatic rings. The van der Waals surface area contributed by atoms with E-state index in [0.717, 1.165) is 73.6 Å². The van der Waals surface area contributed by atoms with Gasteiger partial charge in [-0.15, -0.1) is 0 Å². The molecule has 5 heterocycles. The zero-order valence-electron chi connectivity index (χ0n) is 31.4. The van der Waals surface area contributed by atoms with Gasteiger partial charge in [-0.3, -0.25) is 9.59 Å². The number of carboxylic acid groups (broad SMARTS) is 1. The zero-order valence-corrected chi connectivity index (χ0v) is 33.1. The van der Waals surface area contributed by atoms with Gasteiger partial charge < -0.3 is 40.2 Å². The highest BCUT2D eigenvalue weighted by Crippen LogP contribution is 2.50. The van der Waals surface area contributed by atoms with Crippen LogP contribution in [0.4, 0.5) is 9.59 Å². The largest absolute Gasteiger partial charge is 0.465 e. The summed E-state index contributed by atoms with van der Waals surface area (Å²) in [6.07, 6.45) is 4.97. The van der Waals surface area contributed by atoms with Crippen molar-refractivity contribution in [3.8, 4) is 22.5 Å². The Morgan fingerprint density at radius 1 is 0.745 bits per heavy atom. The molecule has 0 spiro atoms. The van der Waals surface area contributed by atoms with E-state index in [1.807, 2.05) is 38.8 Å². The molecule has 5 N–H and O–H groups in total. The van der Waals surface area contributed by atoms with Gasteiger partial charge in [0.1, 0.15) is 23.7 Å². The van der Waals surface area contributed by atoms with Gasteiger partial charge in [-0.05, 0) is 61.8 Å². The number of hydrogen-bond donors (Lipinski definition) is 5. The summed E-state index contributed by atoms with van der Waals surface area (Å²) in [4.78, 5) is 74.8. The van der Waals surface area contributed by atoms with Crippen molar-refractivity contribution < 1.29 is 29.0 Å². The van der Waals surface area contributed by atoms with E-state index in [9.17, 15) is 24.3 Å². The van der Waals surface area contributed by atoms with Crippen LogP contribution in [-0.2, 0) is 14.3 Å². The zero-order chi connectivity index (χ0) is 39.0. The summed E-state index contributed by atoms with van der Waals surface area (Å²) in [5.74, 6) is 0.754. The summed E-state index contributed by atoms with van der Waals surface area (Å²) >= 11 is 3.42. The van der Waals surface area contributed by atoms with E-state index in [4.69, 9.17) is 9.72 Å². The molecule has 4 atom stereocenters. The lowest BCUT2D eigenvalue weighted by Crippen LogP contribution is -2.51. The molecule has 3 aliphatic heterocycles. The number of rotatable bonds is 10. The third-order valence-corrected chi connectivity index (χ3v) is 13.0. The van der Waals surface area contributed by atoms with E-state index in [0.29, 0.717) is 18.9 Å². The van der Waals surface area contributed by atoms with Gasteiger partial charge in [-0.1, -0.05) is 63.4 Å². The first-order chi connectivity index (χ1) is 26.4. The second-order valence-electron chi connectivity index (χ2n) is 14.8. The van der Waals surface area contributed by atoms with Crippen molar-refractivity contribution >= 4 is 47.5 Å². The molecule has 0 aliphatic carbocycles. The van der Waals surface area contributed by atoms with Crippen molar-refractivity contribution in [3.05, 3.63) is 60.4 Å². The molecule has 2 aromatic carbocycles. The predicted molar refractivity (Wildman–Crippen MR) is 208 cm³/mol. The lowest BCUT2D eigenvalue weighted by Gasteiger charge is -2.30. The molecule has 290 valence electrons. The van der Waals surface area contributed by atoms with Crippen LogP contribution in [0.5, 0.6) is 0 Å². The van der Waals surface area contributed by atoms with Crippen molar-refractivity contribution in [3.63, 3.8) is 0 Å². The van der Waals surface area contributed by atoms with Crippen molar-refractivity contribution in [1.82, 2.24) is 40.4 Å². The number of hydrogen-bond acceptors (Lipinski definition) is 9. The average Bonchev–Trinajstić information content (AvgIpc) is 4.00. The number of amides is 4. The third-order valence-electron chi connectivity index (χ3n) is 10.4. The maximum atomic E-state index is 13.6. The number of benzene rings is 2. The van der Waals surface area contributed by atoms with Gasteiger partial charge in [0.2, 0.25) is 11.8 Å². The number of imidazole rings is 2. The minimum absolute atomic E-state index is 0.109. The molecule has 16 heteroatoms. The van der Waals surface area contributed by atoms with Gasteiger partial charge in [-0.2, -0.15) is 0 Å². The highest BCUT2D eigenvalue weighted by Gasteiger charge is 2.39. The molecule has 14 nitrogen and oxygen atoms in total. The highest BCUT2D eigenvalue weighted by molar-refractivity contribution is 8.05. The molecular weight excluding hydrogens is 741 g/mol. The van der Waals surface area contributed by atoms with Crippen LogP contribution in [0.2, 0.25) is 0 Å². The number of likely N-dealkylation sites (tertiary alicyclic amines) is 2. The molecule has 2 fully saturated rings. The fourth-order valence-electron chi connectivity index (χ4n) is 7.55. The number of carbonyl (C=O) groups excluding carboxylic acids is 3. The fraction of sp³-hybridized carbons (Fsp3) is 0.436. The lowest BCUT2D eigenvalue weighted by atomic mass is 10.0. The minimum atomic E-state index is -1.21. The minimum Gasteiger partial charge on any atom is -0.465 e. The number of fused-ring (bicyclic) bond motifs is 2. The number of nitrogens with one attached hydrogen (secondary N) is 4. The van der Waals surface area contributed by atoms with E-state index in [1.54, 1.807) is 34.6 Å². The number of carbonyl (C=O) groups is 4. The van der Waals surface area contributed by atoms with E-state index in [1.165, 1.54) is 7.11 Å². The predicted octanol–water partition coefficient (Wildman–Crippen LogP) is 7.08. The van der Waals surface area contributed by atoms with E-state index < -0.39 is 24.3 Å². The van der Waals surface area contributed by atoms with Crippen LogP contribution in [0.1, 0.15) is 77.1 Å². The summed E-state index contributed by atoms with van der Waals surface area (Å²) in [7, 11) is 1.29. The second kappa shape index (κ2) is 16.0. The molecule has 0 radical (unpaired) electrons. The Bertz CT molecular complexity index is 2100. The number of aromatic nitrogens is 4. The monoisotopic (exact) mass is 786 g/mol. The second-order valence-corrected chi connectivity index (χ2v) is 17.0. The van der Waals surface area contributed by atoms with Crippen LogP contribution in [0.15, 0.2) is 68.4 Å². The highest BCUT2D eigenvalue weighted by atomic mass is 32.2. The van der Waals surface area contributed by atoms with Crippen LogP contribution in [0.25, 0.3) is 22.5 Å². The Morgan fingerprint density at radius 3 is 1.62 bits per heavy atom. The molecule has 2 saturated heterocycles. The number of ether oxygens (including phenoxy) is 1. The van der Waals surface area contributed by atoms with E-state index >= 15 is 0 Å². The number of nitrogens with zero attached hydrogens (tertiary/aromatic N) is 4. The van der Waals surface area contributed by atoms with Gasteiger partial charge >= 0.3 is 12.2 Å². The lowest BCUT2D eigenvalue weighted by molar-refractivity contribution is -0.136. The van der Waals surface area contributed by atoms with Crippen LogP contribution in [-0.4, -0.2) is 91.1 Å². The first-order valence-corrected chi connectivity index (χ1v) is 20.2. The summed E-state index contributed by atoms with van der Waals surface area (Å²) in [6, 6.07) is 10.7. The van der Waals surface area contributed by atoms with Gasteiger partial charge in [0, 0.05) is 43.8 Å². The van der Waals surface area contributed by atoms with Crippen molar-refractivity contribution in [2.75, 3.05) is 20.2 Å². The molecule has 7 rings (SSSR count). The molecule has 4 amide bonds. The third kappa shape index (κ3) is 7.92. The smallest absolute Gasteiger partial charge is 0.407 e. The van der Waals surface area contributed by atoms with Gasteiger partial charge in [-0.25, -0.2) is 19.6 Å². The SMILES string of the molecule is COC(=O)NC(C(=O)N1CCCC1c1ncc(-c2ccc3c(c2)Sc2ccc(-c4cnc(C5CCCN5C(=O)C(NC(=O)O)C(C)C)[nH]4)cc2S3)[nH]1)C(C)C. The Balaban J connectivity index is 1.04. The first kappa shape index (κ1) is 38.3. The van der Waals surface area contributed by atoms with Crippen molar-refractivity contribution in [1.29, 1.82) is 0 Å². The Morgan fingerprint density at radius 2 is 1.20 bits per heavy atom. The topological polar surface area (TPSA) is 186 Å². The first-order valence-electron chi connectivity index (χ1n) is 18.6. The molecule has 0 saturated carbocycles. The van der Waals surface area contributed by atoms with Crippen molar-refractivity contribution in [2.24, 2.45) is 11.8 Å². The number of methoxy groups -OCH3 is 1. The molecule has 4 unspecified atom stereocenters. The fourth-order valence-corrected chi connectivity index (χ4v) is 9.83. The Kier molecular flexibility index (Phi) is 11.2. The van der Waals surface area contributed by atoms with Gasteiger partial charge in [0.05, 0.1) is 43.0 Å². The van der Waals surface area contributed by atoms with Crippen molar-refractivity contribution in [2.45, 2.75) is 97.1 Å². The van der Waals surface area contributed by atoms with E-state index in [2.05, 4.69) is 62.0 Å². The summed E-state index contributed by atoms with van der Waals surface area (Å²) < 4.78 is 4.76. The summed E-state index contributed by atoms with van der Waals surface area (Å²) in [5.41, 5.74) is 3.70. The average molecular weight is 787 g/mol. The quantitative estimate of drug-likeness (QED) is 0.0980. The molecule has 0 bridgehead atoms. The van der Waals surface area contributed by atoms with Crippen LogP contribution < -0.4 is 10.6 Å². The standard InChI is InChI=1S/C39H46N8O6S2/c1-20(2)32(44-38(50)51)36(48)46-14-6-8-26(46)34-40-18-24(42-34)22-10-12-28-30(16-22)54-29-13-11-23(17-31(29)55-28)25-19-41-35(43-25)27-9-7-15-47(27)37(49)33(21(3)4)45-39(52)53-5/h10-13,16-21,26-27,32-33,44H,6-9,14-15H2,1-5H3,(H,40,42)(H,41,43)(H,45,52)(H,50,51). The summed E-state index contributed by atoms with van der Waals surface area (Å²) in [6.45, 7) is 8.62.